The van der Waals surface area contributed by atoms with E-state index in [-0.39, 0.29) is 5.56 Å². The van der Waals surface area contributed by atoms with Gasteiger partial charge in [0.2, 0.25) is 0 Å². The molecule has 5 heteroatoms. The summed E-state index contributed by atoms with van der Waals surface area (Å²) in [5, 5.41) is 0. The third-order valence-electron chi connectivity index (χ3n) is 6.21. The topological polar surface area (TPSA) is 0 Å². The van der Waals surface area contributed by atoms with Crippen LogP contribution in [-0.2, 0) is 6.42 Å². The van der Waals surface area contributed by atoms with Crippen molar-refractivity contribution in [1.29, 1.82) is 0 Å². The summed E-state index contributed by atoms with van der Waals surface area (Å²) in [6.07, 6.45) is 6.42. The molecule has 2 aromatic carbocycles. The lowest BCUT2D eigenvalue weighted by molar-refractivity contribution is 0.210. The highest BCUT2D eigenvalue weighted by atomic mass is 19.2. The van der Waals surface area contributed by atoms with E-state index in [2.05, 4.69) is 13.8 Å². The molecule has 2 aromatic rings. The highest BCUT2D eigenvalue weighted by Crippen LogP contribution is 2.37. The molecule has 0 aliphatic heterocycles. The summed E-state index contributed by atoms with van der Waals surface area (Å²) in [6, 6.07) is 3.64. The second kappa shape index (κ2) is 8.62. The van der Waals surface area contributed by atoms with Gasteiger partial charge in [0.25, 0.3) is 0 Å². The summed E-state index contributed by atoms with van der Waals surface area (Å²) in [5.74, 6) is -4.80. The lowest BCUT2D eigenvalue weighted by Crippen LogP contribution is -2.21. The molecule has 0 radical (unpaired) electrons. The van der Waals surface area contributed by atoms with Crippen molar-refractivity contribution in [2.45, 2.75) is 52.4 Å². The summed E-state index contributed by atoms with van der Waals surface area (Å²) >= 11 is 0. The number of hydrogen-bond acceptors (Lipinski definition) is 0. The summed E-state index contributed by atoms with van der Waals surface area (Å²) in [5.41, 5.74) is -0.381. The first-order valence-corrected chi connectivity index (χ1v) is 9.93. The summed E-state index contributed by atoms with van der Waals surface area (Å²) in [6.45, 7) is 4.31. The first kappa shape index (κ1) is 20.8. The van der Waals surface area contributed by atoms with Crippen LogP contribution in [-0.4, -0.2) is 0 Å². The lowest BCUT2D eigenvalue weighted by atomic mass is 9.74. The molecule has 152 valence electrons. The van der Waals surface area contributed by atoms with Crippen LogP contribution < -0.4 is 0 Å². The Balaban J connectivity index is 1.79. The molecule has 28 heavy (non-hydrogen) atoms. The van der Waals surface area contributed by atoms with E-state index in [1.807, 2.05) is 0 Å². The zero-order valence-corrected chi connectivity index (χ0v) is 16.2. The number of rotatable bonds is 5. The van der Waals surface area contributed by atoms with Crippen molar-refractivity contribution in [1.82, 2.24) is 0 Å². The van der Waals surface area contributed by atoms with Gasteiger partial charge in [0.1, 0.15) is 11.6 Å². The fourth-order valence-electron chi connectivity index (χ4n) is 4.42. The Morgan fingerprint density at radius 3 is 1.86 bits per heavy atom. The Hall–Kier alpha value is -1.91. The summed E-state index contributed by atoms with van der Waals surface area (Å²) in [4.78, 5) is 0. The molecule has 0 aromatic heterocycles. The van der Waals surface area contributed by atoms with Crippen molar-refractivity contribution in [3.63, 3.8) is 0 Å². The van der Waals surface area contributed by atoms with Crippen molar-refractivity contribution in [3.8, 4) is 11.1 Å². The molecule has 1 aliphatic carbocycles. The molecule has 0 heterocycles. The van der Waals surface area contributed by atoms with Crippen LogP contribution in [0.2, 0.25) is 0 Å². The van der Waals surface area contributed by atoms with Crippen molar-refractivity contribution >= 4 is 0 Å². The third-order valence-corrected chi connectivity index (χ3v) is 6.21. The van der Waals surface area contributed by atoms with Gasteiger partial charge in [0.15, 0.2) is 17.5 Å². The molecular weight excluding hydrogens is 371 g/mol. The van der Waals surface area contributed by atoms with Crippen LogP contribution in [0.15, 0.2) is 24.3 Å². The fourth-order valence-corrected chi connectivity index (χ4v) is 4.42. The van der Waals surface area contributed by atoms with E-state index >= 15 is 0 Å². The first-order chi connectivity index (χ1) is 13.3. The smallest absolute Gasteiger partial charge is 0.194 e. The normalized spacial score (nSPS) is 21.0. The van der Waals surface area contributed by atoms with Gasteiger partial charge in [-0.2, -0.15) is 0 Å². The standard InChI is InChI=1S/C23H25F5/c1-3-14-4-6-16(7-5-14)13(2)8-15-9-18(24)22(19(25)10-15)17-11-20(26)23(28)21(27)12-17/h9-14,16H,3-8H2,1-2H3. The van der Waals surface area contributed by atoms with Gasteiger partial charge in [-0.05, 0) is 72.4 Å². The molecule has 1 atom stereocenters. The number of benzene rings is 2. The monoisotopic (exact) mass is 396 g/mol. The number of hydrogen-bond donors (Lipinski definition) is 0. The molecule has 0 bridgehead atoms. The molecule has 3 rings (SSSR count). The minimum Gasteiger partial charge on any atom is -0.206 e. The Kier molecular flexibility index (Phi) is 6.41. The largest absolute Gasteiger partial charge is 0.206 e. The minimum absolute atomic E-state index is 0.295. The van der Waals surface area contributed by atoms with Crippen LogP contribution in [0, 0.1) is 46.8 Å². The molecule has 0 saturated heterocycles. The third kappa shape index (κ3) is 4.39. The molecule has 1 unspecified atom stereocenters. The molecule has 1 aliphatic rings. The predicted molar refractivity (Wildman–Crippen MR) is 100 cm³/mol. The van der Waals surface area contributed by atoms with E-state index < -0.39 is 34.6 Å². The Morgan fingerprint density at radius 1 is 0.821 bits per heavy atom. The van der Waals surface area contributed by atoms with Crippen LogP contribution in [0.3, 0.4) is 0 Å². The van der Waals surface area contributed by atoms with Crippen LogP contribution in [0.4, 0.5) is 22.0 Å². The Morgan fingerprint density at radius 2 is 1.36 bits per heavy atom. The highest BCUT2D eigenvalue weighted by Gasteiger charge is 2.25. The molecule has 1 saturated carbocycles. The van der Waals surface area contributed by atoms with Gasteiger partial charge >= 0.3 is 0 Å². The fraction of sp³-hybridized carbons (Fsp3) is 0.478. The van der Waals surface area contributed by atoms with Crippen molar-refractivity contribution in [3.05, 3.63) is 58.9 Å². The molecular formula is C23H25F5. The van der Waals surface area contributed by atoms with Crippen LogP contribution in [0.1, 0.15) is 51.5 Å². The van der Waals surface area contributed by atoms with Crippen LogP contribution in [0.25, 0.3) is 11.1 Å². The molecule has 0 N–H and O–H groups in total. The molecule has 0 amide bonds. The first-order valence-electron chi connectivity index (χ1n) is 9.93. The van der Waals surface area contributed by atoms with Gasteiger partial charge in [-0.1, -0.05) is 33.1 Å². The van der Waals surface area contributed by atoms with E-state index in [1.165, 1.54) is 31.4 Å². The van der Waals surface area contributed by atoms with Gasteiger partial charge in [0, 0.05) is 0 Å². The zero-order chi connectivity index (χ0) is 20.4. The average Bonchev–Trinajstić information content (AvgIpc) is 2.65. The SMILES string of the molecule is CCC1CCC(C(C)Cc2cc(F)c(-c3cc(F)c(F)c(F)c3)c(F)c2)CC1. The van der Waals surface area contributed by atoms with Crippen LogP contribution >= 0.6 is 0 Å². The van der Waals surface area contributed by atoms with Gasteiger partial charge in [-0.3, -0.25) is 0 Å². The van der Waals surface area contributed by atoms with E-state index in [0.29, 0.717) is 36.0 Å². The zero-order valence-electron chi connectivity index (χ0n) is 16.2. The van der Waals surface area contributed by atoms with E-state index in [4.69, 9.17) is 0 Å². The van der Waals surface area contributed by atoms with E-state index in [0.717, 1.165) is 18.8 Å². The van der Waals surface area contributed by atoms with Crippen molar-refractivity contribution in [2.75, 3.05) is 0 Å². The average molecular weight is 396 g/mol. The number of halogens is 5. The maximum absolute atomic E-state index is 14.6. The molecule has 0 nitrogen and oxygen atoms in total. The Bertz CT molecular complexity index is 791. The van der Waals surface area contributed by atoms with E-state index in [9.17, 15) is 22.0 Å². The second-order valence-corrected chi connectivity index (χ2v) is 8.06. The highest BCUT2D eigenvalue weighted by molar-refractivity contribution is 5.65. The van der Waals surface area contributed by atoms with Gasteiger partial charge < -0.3 is 0 Å². The minimum atomic E-state index is -1.66. The van der Waals surface area contributed by atoms with Crippen LogP contribution in [0.5, 0.6) is 0 Å². The summed E-state index contributed by atoms with van der Waals surface area (Å²) < 4.78 is 69.1. The van der Waals surface area contributed by atoms with E-state index in [1.54, 1.807) is 0 Å². The predicted octanol–water partition coefficient (Wildman–Crippen LogP) is 7.44. The molecule has 0 spiro atoms. The van der Waals surface area contributed by atoms with Gasteiger partial charge in [-0.25, -0.2) is 22.0 Å². The molecule has 1 fully saturated rings. The maximum atomic E-state index is 14.6. The lowest BCUT2D eigenvalue weighted by Gasteiger charge is -2.32. The summed E-state index contributed by atoms with van der Waals surface area (Å²) in [7, 11) is 0. The maximum Gasteiger partial charge on any atom is 0.194 e. The quantitative estimate of drug-likeness (QED) is 0.364. The Labute approximate surface area is 162 Å². The van der Waals surface area contributed by atoms with Gasteiger partial charge in [0.05, 0.1) is 5.56 Å². The second-order valence-electron chi connectivity index (χ2n) is 8.06. The van der Waals surface area contributed by atoms with Gasteiger partial charge in [-0.15, -0.1) is 0 Å². The van der Waals surface area contributed by atoms with Crippen molar-refractivity contribution in [2.24, 2.45) is 17.8 Å². The van der Waals surface area contributed by atoms with Crippen molar-refractivity contribution < 1.29 is 22.0 Å².